The smallest absolute Gasteiger partial charge is 0.303 e. The van der Waals surface area contributed by atoms with Crippen LogP contribution < -0.4 is 0 Å². The second-order valence-corrected chi connectivity index (χ2v) is 8.50. The van der Waals surface area contributed by atoms with Crippen molar-refractivity contribution < 1.29 is 35.1 Å². The molecule has 0 aliphatic rings. The highest BCUT2D eigenvalue weighted by molar-refractivity contribution is 5.67. The van der Waals surface area contributed by atoms with Gasteiger partial charge in [0.1, 0.15) is 0 Å². The number of aliphatic hydroxyl groups is 3. The van der Waals surface area contributed by atoms with Gasteiger partial charge in [0.25, 0.3) is 0 Å². The van der Waals surface area contributed by atoms with Crippen LogP contribution in [0.5, 0.6) is 0 Å². The highest BCUT2D eigenvalue weighted by Crippen LogP contribution is 2.27. The van der Waals surface area contributed by atoms with Crippen molar-refractivity contribution in [2.24, 2.45) is 11.8 Å². The Kier molecular flexibility index (Phi) is 17.8. The number of nitrogens with zero attached hydrogens (tertiary/aromatic N) is 1. The van der Waals surface area contributed by atoms with E-state index < -0.39 is 18.2 Å². The van der Waals surface area contributed by atoms with Crippen LogP contribution in [-0.2, 0) is 9.59 Å². The lowest BCUT2D eigenvalue weighted by molar-refractivity contribution is -0.138. The first kappa shape index (κ1) is 30.3. The van der Waals surface area contributed by atoms with Gasteiger partial charge in [0.2, 0.25) is 0 Å². The van der Waals surface area contributed by atoms with E-state index in [1.807, 2.05) is 0 Å². The third kappa shape index (κ3) is 16.9. The summed E-state index contributed by atoms with van der Waals surface area (Å²) in [5, 5.41) is 46.2. The standard InChI is InChI=1S/C24H43NO7/c1-3-4-9-20(17-23(29)30)10-7-8-19(2)21(18-24(31)32)12-14-25(15-16-26)13-6-5-11-22(27)28/h3,20-21,24,26,31-32H,1-2,4-18H2,(H,27,28)(H,29,30). The Morgan fingerprint density at radius 3 is 2.19 bits per heavy atom. The fourth-order valence-electron chi connectivity index (χ4n) is 3.94. The number of unbranched alkanes of at least 4 members (excludes halogenated alkanes) is 1. The average Bonchev–Trinajstić information content (AvgIpc) is 2.71. The summed E-state index contributed by atoms with van der Waals surface area (Å²) >= 11 is 0. The number of allylic oxidation sites excluding steroid dienone is 2. The van der Waals surface area contributed by atoms with Crippen molar-refractivity contribution in [3.63, 3.8) is 0 Å². The maximum Gasteiger partial charge on any atom is 0.303 e. The van der Waals surface area contributed by atoms with Crippen LogP contribution in [0.25, 0.3) is 0 Å². The molecule has 0 rings (SSSR count). The Labute approximate surface area is 192 Å². The molecule has 0 saturated carbocycles. The maximum absolute atomic E-state index is 11.1. The molecule has 0 saturated heterocycles. The van der Waals surface area contributed by atoms with Crippen LogP contribution in [0.4, 0.5) is 0 Å². The molecule has 0 radical (unpaired) electrons. The van der Waals surface area contributed by atoms with Gasteiger partial charge in [-0.15, -0.1) is 6.58 Å². The van der Waals surface area contributed by atoms with Gasteiger partial charge in [-0.1, -0.05) is 18.2 Å². The van der Waals surface area contributed by atoms with Gasteiger partial charge in [0.15, 0.2) is 6.29 Å². The zero-order valence-corrected chi connectivity index (χ0v) is 19.3. The van der Waals surface area contributed by atoms with Crippen LogP contribution in [-0.4, -0.2) is 74.9 Å². The van der Waals surface area contributed by atoms with Crippen LogP contribution in [0, 0.1) is 11.8 Å². The molecule has 5 N–H and O–H groups in total. The molecule has 32 heavy (non-hydrogen) atoms. The number of hydrogen-bond donors (Lipinski definition) is 5. The molecule has 0 aliphatic carbocycles. The molecule has 0 aromatic rings. The van der Waals surface area contributed by atoms with E-state index in [9.17, 15) is 24.9 Å². The highest BCUT2D eigenvalue weighted by atomic mass is 16.5. The summed E-state index contributed by atoms with van der Waals surface area (Å²) in [6.07, 6.45) is 6.58. The first-order chi connectivity index (χ1) is 15.2. The third-order valence-corrected chi connectivity index (χ3v) is 5.75. The molecule has 0 amide bonds. The van der Waals surface area contributed by atoms with Gasteiger partial charge in [0, 0.05) is 25.8 Å². The topological polar surface area (TPSA) is 139 Å². The maximum atomic E-state index is 11.1. The molecule has 0 aromatic heterocycles. The number of aliphatic carboxylic acids is 2. The van der Waals surface area contributed by atoms with E-state index in [-0.39, 0.29) is 37.7 Å². The molecule has 2 unspecified atom stereocenters. The minimum absolute atomic E-state index is 0.00282. The normalized spacial score (nSPS) is 13.3. The lowest BCUT2D eigenvalue weighted by Gasteiger charge is -2.26. The zero-order chi connectivity index (χ0) is 24.4. The van der Waals surface area contributed by atoms with Crippen molar-refractivity contribution in [1.82, 2.24) is 4.90 Å². The first-order valence-electron chi connectivity index (χ1n) is 11.6. The van der Waals surface area contributed by atoms with Gasteiger partial charge in [-0.25, -0.2) is 0 Å². The van der Waals surface area contributed by atoms with E-state index in [4.69, 9.17) is 10.2 Å². The number of hydrogen-bond acceptors (Lipinski definition) is 6. The van der Waals surface area contributed by atoms with Crippen molar-refractivity contribution in [3.8, 4) is 0 Å². The minimum Gasteiger partial charge on any atom is -0.481 e. The van der Waals surface area contributed by atoms with Crippen molar-refractivity contribution in [2.75, 3.05) is 26.2 Å². The lowest BCUT2D eigenvalue weighted by Crippen LogP contribution is -2.31. The van der Waals surface area contributed by atoms with Crippen LogP contribution in [0.3, 0.4) is 0 Å². The van der Waals surface area contributed by atoms with Crippen LogP contribution >= 0.6 is 0 Å². The zero-order valence-electron chi connectivity index (χ0n) is 19.3. The van der Waals surface area contributed by atoms with Gasteiger partial charge >= 0.3 is 11.9 Å². The second kappa shape index (κ2) is 18.8. The number of carbonyl (C=O) groups is 2. The van der Waals surface area contributed by atoms with Gasteiger partial charge in [0.05, 0.1) is 6.61 Å². The fourth-order valence-corrected chi connectivity index (χ4v) is 3.94. The summed E-state index contributed by atoms with van der Waals surface area (Å²) in [5.41, 5.74) is 0.922. The van der Waals surface area contributed by atoms with Crippen LogP contribution in [0.1, 0.15) is 70.6 Å². The van der Waals surface area contributed by atoms with E-state index in [1.54, 1.807) is 6.08 Å². The van der Waals surface area contributed by atoms with Gasteiger partial charge in [-0.3, -0.25) is 9.59 Å². The molecule has 0 aliphatic heterocycles. The third-order valence-electron chi connectivity index (χ3n) is 5.75. The molecule has 8 heteroatoms. The first-order valence-corrected chi connectivity index (χ1v) is 11.6. The predicted octanol–water partition coefficient (Wildman–Crippen LogP) is 3.03. The molecule has 0 bridgehead atoms. The van der Waals surface area contributed by atoms with Crippen LogP contribution in [0.15, 0.2) is 24.8 Å². The monoisotopic (exact) mass is 457 g/mol. The van der Waals surface area contributed by atoms with E-state index in [0.717, 1.165) is 37.7 Å². The van der Waals surface area contributed by atoms with E-state index >= 15 is 0 Å². The van der Waals surface area contributed by atoms with E-state index in [1.165, 1.54) is 0 Å². The van der Waals surface area contributed by atoms with Gasteiger partial charge in [-0.2, -0.15) is 0 Å². The SMILES string of the molecule is C=CCCC(CCCC(=C)C(CCN(CCO)CCCCC(=O)O)CC(O)O)CC(=O)O. The molecule has 186 valence electrons. The lowest BCUT2D eigenvalue weighted by atomic mass is 9.87. The van der Waals surface area contributed by atoms with Crippen molar-refractivity contribution in [2.45, 2.75) is 76.9 Å². The number of carboxylic acids is 2. The minimum atomic E-state index is -1.44. The van der Waals surface area contributed by atoms with Gasteiger partial charge in [-0.05, 0) is 76.3 Å². The summed E-state index contributed by atoms with van der Waals surface area (Å²) in [6.45, 7) is 9.66. The molecule has 0 fully saturated rings. The molecule has 0 aromatic carbocycles. The largest absolute Gasteiger partial charge is 0.481 e. The van der Waals surface area contributed by atoms with Crippen molar-refractivity contribution in [3.05, 3.63) is 24.8 Å². The van der Waals surface area contributed by atoms with Crippen LogP contribution in [0.2, 0.25) is 0 Å². The Hall–Kier alpha value is -1.74. The number of rotatable bonds is 22. The Balaban J connectivity index is 4.67. The summed E-state index contributed by atoms with van der Waals surface area (Å²) in [5.74, 6) is -1.62. The molecule has 0 heterocycles. The van der Waals surface area contributed by atoms with Gasteiger partial charge < -0.3 is 30.4 Å². The predicted molar refractivity (Wildman–Crippen MR) is 124 cm³/mol. The summed E-state index contributed by atoms with van der Waals surface area (Å²) in [7, 11) is 0. The summed E-state index contributed by atoms with van der Waals surface area (Å²) in [6, 6.07) is 0. The quantitative estimate of drug-likeness (QED) is 0.0950. The fraction of sp³-hybridized carbons (Fsp3) is 0.750. The molecular formula is C24H43NO7. The van der Waals surface area contributed by atoms with Crippen molar-refractivity contribution >= 4 is 11.9 Å². The number of aliphatic hydroxyl groups excluding tert-OH is 2. The molecular weight excluding hydrogens is 414 g/mol. The second-order valence-electron chi connectivity index (χ2n) is 8.50. The van der Waals surface area contributed by atoms with E-state index in [0.29, 0.717) is 38.9 Å². The summed E-state index contributed by atoms with van der Waals surface area (Å²) in [4.78, 5) is 23.8. The molecule has 0 spiro atoms. The molecule has 8 nitrogen and oxygen atoms in total. The highest BCUT2D eigenvalue weighted by Gasteiger charge is 2.19. The Morgan fingerprint density at radius 2 is 1.62 bits per heavy atom. The summed E-state index contributed by atoms with van der Waals surface area (Å²) < 4.78 is 0. The molecule has 2 atom stereocenters. The van der Waals surface area contributed by atoms with Crippen molar-refractivity contribution in [1.29, 1.82) is 0 Å². The Morgan fingerprint density at radius 1 is 0.906 bits per heavy atom. The van der Waals surface area contributed by atoms with E-state index in [2.05, 4.69) is 18.1 Å². The Bertz CT molecular complexity index is 550. The average molecular weight is 458 g/mol. The number of carboxylic acid groups (broad SMARTS) is 2.